The van der Waals surface area contributed by atoms with Crippen molar-refractivity contribution in [2.45, 2.75) is 45.3 Å². The van der Waals surface area contributed by atoms with E-state index in [9.17, 15) is 14.4 Å². The van der Waals surface area contributed by atoms with E-state index in [1.807, 2.05) is 20.8 Å². The first-order valence-corrected chi connectivity index (χ1v) is 8.25. The molecule has 1 aliphatic heterocycles. The Kier molecular flexibility index (Phi) is 3.97. The lowest BCUT2D eigenvalue weighted by atomic mass is 10.2. The number of hydrogen-bond donors (Lipinski definition) is 1. The monoisotopic (exact) mass is 349 g/mol. The number of nitrogens with zero attached hydrogens (tertiary/aromatic N) is 4. The molecule has 0 spiro atoms. The maximum atomic E-state index is 12.5. The van der Waals surface area contributed by atoms with Gasteiger partial charge >= 0.3 is 11.8 Å². The summed E-state index contributed by atoms with van der Waals surface area (Å²) in [6.07, 6.45) is 1.15. The number of ether oxygens (including phenoxy) is 1. The maximum absolute atomic E-state index is 12.5. The molecule has 0 aliphatic carbocycles. The third-order valence-corrected chi connectivity index (χ3v) is 4.35. The molecule has 2 aromatic heterocycles. The van der Waals surface area contributed by atoms with E-state index in [-0.39, 0.29) is 6.04 Å². The van der Waals surface area contributed by atoms with Crippen LogP contribution in [0.4, 0.5) is 4.79 Å². The first kappa shape index (κ1) is 17.2. The fraction of sp³-hybridized carbons (Fsp3) is 0.625. The van der Waals surface area contributed by atoms with Crippen LogP contribution in [0.25, 0.3) is 11.2 Å². The summed E-state index contributed by atoms with van der Waals surface area (Å²) < 4.78 is 8.43. The third-order valence-electron chi connectivity index (χ3n) is 4.35. The van der Waals surface area contributed by atoms with Gasteiger partial charge in [0.05, 0.1) is 6.04 Å². The number of rotatable bonds is 1. The molecule has 0 radical (unpaired) electrons. The quantitative estimate of drug-likeness (QED) is 0.828. The average Bonchev–Trinajstić information content (AvgIpc) is 3.07. The van der Waals surface area contributed by atoms with E-state index in [1.54, 1.807) is 23.6 Å². The number of fused-ring (bicyclic) bond motifs is 1. The highest BCUT2D eigenvalue weighted by atomic mass is 16.6. The molecule has 0 bridgehead atoms. The Morgan fingerprint density at radius 1 is 1.24 bits per heavy atom. The first-order chi connectivity index (χ1) is 11.6. The van der Waals surface area contributed by atoms with Crippen LogP contribution in [0.2, 0.25) is 0 Å². The molecule has 0 saturated carbocycles. The number of aromatic nitrogens is 4. The molecule has 1 amide bonds. The molecule has 25 heavy (non-hydrogen) atoms. The lowest BCUT2D eigenvalue weighted by Crippen LogP contribution is -2.37. The summed E-state index contributed by atoms with van der Waals surface area (Å²) in [5, 5.41) is 0. The fourth-order valence-corrected chi connectivity index (χ4v) is 3.20. The van der Waals surface area contributed by atoms with Crippen LogP contribution in [0.15, 0.2) is 9.59 Å². The minimum Gasteiger partial charge on any atom is -0.444 e. The summed E-state index contributed by atoms with van der Waals surface area (Å²) in [5.74, 6) is 0.574. The molecule has 0 aromatic carbocycles. The van der Waals surface area contributed by atoms with Gasteiger partial charge in [-0.05, 0) is 33.6 Å². The van der Waals surface area contributed by atoms with E-state index >= 15 is 0 Å². The van der Waals surface area contributed by atoms with Crippen molar-refractivity contribution in [3.05, 3.63) is 26.7 Å². The van der Waals surface area contributed by atoms with Crippen molar-refractivity contribution < 1.29 is 9.53 Å². The van der Waals surface area contributed by atoms with Gasteiger partial charge in [-0.3, -0.25) is 19.2 Å². The molecule has 1 atom stereocenters. The largest absolute Gasteiger partial charge is 0.444 e. The van der Waals surface area contributed by atoms with Crippen LogP contribution in [0.3, 0.4) is 0 Å². The number of carbonyl (C=O) groups excluding carboxylic acids is 1. The molecule has 3 heterocycles. The van der Waals surface area contributed by atoms with Crippen molar-refractivity contribution in [3.8, 4) is 0 Å². The van der Waals surface area contributed by atoms with E-state index in [1.165, 1.54) is 4.57 Å². The molecule has 1 fully saturated rings. The van der Waals surface area contributed by atoms with Crippen LogP contribution in [-0.4, -0.2) is 42.2 Å². The topological polar surface area (TPSA) is 102 Å². The molecule has 1 aliphatic rings. The number of nitrogens with one attached hydrogen (secondary N) is 1. The Morgan fingerprint density at radius 3 is 2.56 bits per heavy atom. The number of hydrogen-bond acceptors (Lipinski definition) is 5. The predicted molar refractivity (Wildman–Crippen MR) is 91.5 cm³/mol. The zero-order chi connectivity index (χ0) is 18.5. The van der Waals surface area contributed by atoms with Gasteiger partial charge in [0.15, 0.2) is 11.2 Å². The van der Waals surface area contributed by atoms with E-state index in [0.717, 1.165) is 12.8 Å². The number of imidazole rings is 1. The molecule has 3 rings (SSSR count). The minimum atomic E-state index is -0.586. The number of aryl methyl sites for hydroxylation is 2. The molecule has 136 valence electrons. The molecule has 9 heteroatoms. The summed E-state index contributed by atoms with van der Waals surface area (Å²) in [6.45, 7) is 6.03. The van der Waals surface area contributed by atoms with Crippen molar-refractivity contribution >= 4 is 17.3 Å². The lowest BCUT2D eigenvalue weighted by Gasteiger charge is -2.28. The van der Waals surface area contributed by atoms with Gasteiger partial charge in [-0.1, -0.05) is 0 Å². The predicted octanol–water partition coefficient (Wildman–Crippen LogP) is 1.03. The van der Waals surface area contributed by atoms with Crippen LogP contribution >= 0.6 is 0 Å². The van der Waals surface area contributed by atoms with Gasteiger partial charge in [-0.2, -0.15) is 0 Å². The van der Waals surface area contributed by atoms with Crippen LogP contribution in [0.1, 0.15) is 45.5 Å². The van der Waals surface area contributed by atoms with Gasteiger partial charge in [0.1, 0.15) is 11.4 Å². The molecule has 9 nitrogen and oxygen atoms in total. The van der Waals surface area contributed by atoms with E-state index < -0.39 is 22.9 Å². The zero-order valence-corrected chi connectivity index (χ0v) is 15.1. The van der Waals surface area contributed by atoms with Gasteiger partial charge in [-0.25, -0.2) is 14.6 Å². The standard InChI is InChI=1S/C16H23N5O4/c1-16(2,3)25-15(24)21-8-6-7-9(21)11-17-12-10(19(11)4)13(22)18-14(23)20(12)5/h9H,6-8H2,1-5H3,(H,18,22,23). The zero-order valence-electron chi connectivity index (χ0n) is 15.1. The fourth-order valence-electron chi connectivity index (χ4n) is 3.20. The van der Waals surface area contributed by atoms with Crippen molar-refractivity contribution in [3.63, 3.8) is 0 Å². The Morgan fingerprint density at radius 2 is 1.92 bits per heavy atom. The first-order valence-electron chi connectivity index (χ1n) is 8.25. The Hall–Kier alpha value is -2.58. The summed E-state index contributed by atoms with van der Waals surface area (Å²) in [4.78, 5) is 44.9. The smallest absolute Gasteiger partial charge is 0.410 e. The normalized spacial score (nSPS) is 18.1. The van der Waals surface area contributed by atoms with Gasteiger partial charge in [0.2, 0.25) is 0 Å². The highest BCUT2D eigenvalue weighted by Crippen LogP contribution is 2.33. The Bertz CT molecular complexity index is 946. The van der Waals surface area contributed by atoms with E-state index in [0.29, 0.717) is 23.5 Å². The van der Waals surface area contributed by atoms with E-state index in [2.05, 4.69) is 9.97 Å². The van der Waals surface area contributed by atoms with Crippen LogP contribution in [0.5, 0.6) is 0 Å². The highest BCUT2D eigenvalue weighted by molar-refractivity contribution is 5.72. The van der Waals surface area contributed by atoms with Crippen molar-refractivity contribution in [2.75, 3.05) is 6.54 Å². The molecular formula is C16H23N5O4. The second kappa shape index (κ2) is 5.75. The van der Waals surface area contributed by atoms with Gasteiger partial charge in [0.25, 0.3) is 5.56 Å². The lowest BCUT2D eigenvalue weighted by molar-refractivity contribution is 0.0216. The van der Waals surface area contributed by atoms with Crippen molar-refractivity contribution in [2.24, 2.45) is 14.1 Å². The molecular weight excluding hydrogens is 326 g/mol. The summed E-state index contributed by atoms with van der Waals surface area (Å²) in [5.41, 5.74) is -0.966. The minimum absolute atomic E-state index is 0.290. The third kappa shape index (κ3) is 2.94. The summed E-state index contributed by atoms with van der Waals surface area (Å²) in [6, 6.07) is -0.290. The second-order valence-electron chi connectivity index (χ2n) is 7.35. The second-order valence-corrected chi connectivity index (χ2v) is 7.35. The van der Waals surface area contributed by atoms with Crippen LogP contribution in [0, 0.1) is 0 Å². The molecule has 1 saturated heterocycles. The Balaban J connectivity index is 2.07. The van der Waals surface area contributed by atoms with Crippen LogP contribution < -0.4 is 11.2 Å². The molecule has 1 N–H and O–H groups in total. The molecule has 1 unspecified atom stereocenters. The number of H-pyrrole nitrogens is 1. The van der Waals surface area contributed by atoms with Gasteiger partial charge < -0.3 is 9.30 Å². The number of amides is 1. The van der Waals surface area contributed by atoms with Gasteiger partial charge in [0, 0.05) is 20.6 Å². The van der Waals surface area contributed by atoms with Crippen LogP contribution in [-0.2, 0) is 18.8 Å². The maximum Gasteiger partial charge on any atom is 0.410 e. The highest BCUT2D eigenvalue weighted by Gasteiger charge is 2.36. The Labute approximate surface area is 144 Å². The van der Waals surface area contributed by atoms with Gasteiger partial charge in [-0.15, -0.1) is 0 Å². The SMILES string of the molecule is Cn1c(C2CCCN2C(=O)OC(C)(C)C)nc2c1c(=O)[nH]c(=O)n2C. The number of aromatic amines is 1. The summed E-state index contributed by atoms with van der Waals surface area (Å²) in [7, 11) is 3.27. The number of carbonyl (C=O) groups is 1. The average molecular weight is 349 g/mol. The summed E-state index contributed by atoms with van der Waals surface area (Å²) >= 11 is 0. The number of likely N-dealkylation sites (tertiary alicyclic amines) is 1. The van der Waals surface area contributed by atoms with Crippen molar-refractivity contribution in [1.82, 2.24) is 24.0 Å². The van der Waals surface area contributed by atoms with Crippen molar-refractivity contribution in [1.29, 1.82) is 0 Å². The van der Waals surface area contributed by atoms with E-state index in [4.69, 9.17) is 4.74 Å². The molecule has 2 aromatic rings.